The fourth-order valence-electron chi connectivity index (χ4n) is 2.13. The SMILES string of the molecule is CC1CN(CCC(C#N)NC2CC2)CCO1. The Morgan fingerprint density at radius 2 is 2.38 bits per heavy atom. The lowest BCUT2D eigenvalue weighted by atomic mass is 10.2. The number of ether oxygens (including phenoxy) is 1. The average Bonchev–Trinajstić information content (AvgIpc) is 3.08. The Bertz CT molecular complexity index is 259. The van der Waals surface area contributed by atoms with Gasteiger partial charge in [0.05, 0.1) is 24.8 Å². The smallest absolute Gasteiger partial charge is 0.0967 e. The summed E-state index contributed by atoms with van der Waals surface area (Å²) < 4.78 is 5.49. The fourth-order valence-corrected chi connectivity index (χ4v) is 2.13. The number of hydrogen-bond donors (Lipinski definition) is 1. The number of nitriles is 1. The molecule has 0 amide bonds. The first-order chi connectivity index (χ1) is 7.78. The molecule has 4 nitrogen and oxygen atoms in total. The molecule has 0 bridgehead atoms. The maximum atomic E-state index is 9.03. The van der Waals surface area contributed by atoms with E-state index in [1.807, 2.05) is 0 Å². The molecule has 1 saturated carbocycles. The predicted molar refractivity (Wildman–Crippen MR) is 62.0 cm³/mol. The van der Waals surface area contributed by atoms with Crippen LogP contribution in [0.1, 0.15) is 26.2 Å². The third-order valence-electron chi connectivity index (χ3n) is 3.23. The highest BCUT2D eigenvalue weighted by atomic mass is 16.5. The molecular formula is C12H21N3O. The van der Waals surface area contributed by atoms with E-state index < -0.39 is 0 Å². The lowest BCUT2D eigenvalue weighted by Crippen LogP contribution is -2.43. The van der Waals surface area contributed by atoms with Crippen molar-refractivity contribution in [2.24, 2.45) is 0 Å². The first-order valence-corrected chi connectivity index (χ1v) is 6.27. The van der Waals surface area contributed by atoms with Crippen LogP contribution in [0.5, 0.6) is 0 Å². The van der Waals surface area contributed by atoms with Crippen LogP contribution in [0.25, 0.3) is 0 Å². The predicted octanol–water partition coefficient (Wildman–Crippen LogP) is 0.741. The molecule has 2 atom stereocenters. The summed E-state index contributed by atoms with van der Waals surface area (Å²) in [5, 5.41) is 12.4. The van der Waals surface area contributed by atoms with E-state index in [0.717, 1.165) is 32.7 Å². The van der Waals surface area contributed by atoms with Gasteiger partial charge in [0.15, 0.2) is 0 Å². The highest BCUT2D eigenvalue weighted by Crippen LogP contribution is 2.20. The molecule has 2 rings (SSSR count). The summed E-state index contributed by atoms with van der Waals surface area (Å²) in [4.78, 5) is 2.40. The highest BCUT2D eigenvalue weighted by molar-refractivity contribution is 4.96. The van der Waals surface area contributed by atoms with Crippen LogP contribution in [0.2, 0.25) is 0 Å². The van der Waals surface area contributed by atoms with Gasteiger partial charge in [0, 0.05) is 25.7 Å². The van der Waals surface area contributed by atoms with Crippen molar-refractivity contribution in [2.75, 3.05) is 26.2 Å². The highest BCUT2D eigenvalue weighted by Gasteiger charge is 2.25. The minimum Gasteiger partial charge on any atom is -0.376 e. The van der Waals surface area contributed by atoms with Crippen LogP contribution in [-0.4, -0.2) is 49.3 Å². The second-order valence-electron chi connectivity index (χ2n) is 4.89. The Labute approximate surface area is 97.6 Å². The molecule has 0 spiro atoms. The molecule has 2 unspecified atom stereocenters. The molecule has 0 aromatic carbocycles. The molecule has 0 aromatic rings. The maximum Gasteiger partial charge on any atom is 0.0967 e. The van der Waals surface area contributed by atoms with Gasteiger partial charge < -0.3 is 4.74 Å². The van der Waals surface area contributed by atoms with Crippen molar-refractivity contribution in [3.8, 4) is 6.07 Å². The van der Waals surface area contributed by atoms with Gasteiger partial charge in [-0.2, -0.15) is 5.26 Å². The van der Waals surface area contributed by atoms with Crippen LogP contribution in [0.3, 0.4) is 0 Å². The van der Waals surface area contributed by atoms with Gasteiger partial charge in [0.1, 0.15) is 0 Å². The van der Waals surface area contributed by atoms with E-state index in [-0.39, 0.29) is 6.04 Å². The van der Waals surface area contributed by atoms with Gasteiger partial charge in [0.2, 0.25) is 0 Å². The van der Waals surface area contributed by atoms with Crippen molar-refractivity contribution in [2.45, 2.75) is 44.4 Å². The Morgan fingerprint density at radius 3 is 3.00 bits per heavy atom. The quantitative estimate of drug-likeness (QED) is 0.747. The Hall–Kier alpha value is -0.630. The van der Waals surface area contributed by atoms with Gasteiger partial charge in [0.25, 0.3) is 0 Å². The third-order valence-corrected chi connectivity index (χ3v) is 3.23. The fraction of sp³-hybridized carbons (Fsp3) is 0.917. The molecule has 1 heterocycles. The number of morpholine rings is 1. The molecule has 16 heavy (non-hydrogen) atoms. The standard InChI is InChI=1S/C12H21N3O/c1-10-9-15(6-7-16-10)5-4-12(8-13)14-11-2-3-11/h10-12,14H,2-7,9H2,1H3. The van der Waals surface area contributed by atoms with Crippen molar-refractivity contribution in [3.05, 3.63) is 0 Å². The molecular weight excluding hydrogens is 202 g/mol. The molecule has 2 fully saturated rings. The summed E-state index contributed by atoms with van der Waals surface area (Å²) in [6.45, 7) is 5.95. The molecule has 1 aliphatic carbocycles. The molecule has 1 saturated heterocycles. The van der Waals surface area contributed by atoms with Crippen molar-refractivity contribution in [1.29, 1.82) is 5.26 Å². The van der Waals surface area contributed by atoms with Gasteiger partial charge in [-0.15, -0.1) is 0 Å². The summed E-state index contributed by atoms with van der Waals surface area (Å²) >= 11 is 0. The van der Waals surface area contributed by atoms with Gasteiger partial charge in [-0.25, -0.2) is 0 Å². The summed E-state index contributed by atoms with van der Waals surface area (Å²) in [5.74, 6) is 0. The molecule has 1 aliphatic heterocycles. The van der Waals surface area contributed by atoms with Crippen molar-refractivity contribution in [3.63, 3.8) is 0 Å². The third kappa shape index (κ3) is 3.75. The first-order valence-electron chi connectivity index (χ1n) is 6.27. The molecule has 0 radical (unpaired) electrons. The van der Waals surface area contributed by atoms with Crippen molar-refractivity contribution in [1.82, 2.24) is 10.2 Å². The van der Waals surface area contributed by atoms with Crippen LogP contribution >= 0.6 is 0 Å². The Balaban J connectivity index is 1.66. The summed E-state index contributed by atoms with van der Waals surface area (Å²) in [6.07, 6.45) is 3.75. The minimum absolute atomic E-state index is 0.0330. The van der Waals surface area contributed by atoms with Crippen LogP contribution in [0, 0.1) is 11.3 Å². The molecule has 90 valence electrons. The van der Waals surface area contributed by atoms with Crippen LogP contribution in [0.15, 0.2) is 0 Å². The number of hydrogen-bond acceptors (Lipinski definition) is 4. The number of nitrogens with zero attached hydrogens (tertiary/aromatic N) is 2. The Morgan fingerprint density at radius 1 is 1.56 bits per heavy atom. The minimum atomic E-state index is 0.0330. The van der Waals surface area contributed by atoms with E-state index in [1.54, 1.807) is 0 Å². The van der Waals surface area contributed by atoms with Gasteiger partial charge in [-0.05, 0) is 26.2 Å². The molecule has 1 N–H and O–H groups in total. The maximum absolute atomic E-state index is 9.03. The van der Waals surface area contributed by atoms with Crippen LogP contribution in [0.4, 0.5) is 0 Å². The summed E-state index contributed by atoms with van der Waals surface area (Å²) in [7, 11) is 0. The van der Waals surface area contributed by atoms with E-state index in [1.165, 1.54) is 12.8 Å². The van der Waals surface area contributed by atoms with E-state index in [2.05, 4.69) is 23.2 Å². The van der Waals surface area contributed by atoms with Crippen LogP contribution in [-0.2, 0) is 4.74 Å². The second kappa shape index (κ2) is 5.62. The molecule has 4 heteroatoms. The topological polar surface area (TPSA) is 48.3 Å². The van der Waals surface area contributed by atoms with E-state index in [4.69, 9.17) is 10.00 Å². The van der Waals surface area contributed by atoms with Crippen molar-refractivity contribution < 1.29 is 4.74 Å². The number of rotatable bonds is 5. The zero-order valence-electron chi connectivity index (χ0n) is 9.98. The lowest BCUT2D eigenvalue weighted by Gasteiger charge is -2.31. The average molecular weight is 223 g/mol. The van der Waals surface area contributed by atoms with Gasteiger partial charge >= 0.3 is 0 Å². The van der Waals surface area contributed by atoms with Gasteiger partial charge in [-0.3, -0.25) is 10.2 Å². The first kappa shape index (κ1) is 11.8. The number of nitrogens with one attached hydrogen (secondary N) is 1. The Kier molecular flexibility index (Phi) is 4.16. The zero-order chi connectivity index (χ0) is 11.4. The van der Waals surface area contributed by atoms with E-state index in [9.17, 15) is 0 Å². The second-order valence-corrected chi connectivity index (χ2v) is 4.89. The normalized spacial score (nSPS) is 28.6. The van der Waals surface area contributed by atoms with Gasteiger partial charge in [-0.1, -0.05) is 0 Å². The lowest BCUT2D eigenvalue weighted by molar-refractivity contribution is -0.0188. The molecule has 0 aromatic heterocycles. The van der Waals surface area contributed by atoms with E-state index in [0.29, 0.717) is 12.1 Å². The summed E-state index contributed by atoms with van der Waals surface area (Å²) in [5.41, 5.74) is 0. The monoisotopic (exact) mass is 223 g/mol. The summed E-state index contributed by atoms with van der Waals surface area (Å²) in [6, 6.07) is 3.01. The van der Waals surface area contributed by atoms with E-state index >= 15 is 0 Å². The molecule has 2 aliphatic rings. The van der Waals surface area contributed by atoms with Crippen LogP contribution < -0.4 is 5.32 Å². The zero-order valence-corrected chi connectivity index (χ0v) is 9.98. The van der Waals surface area contributed by atoms with Crippen molar-refractivity contribution >= 4 is 0 Å². The largest absolute Gasteiger partial charge is 0.376 e.